The molecule has 8 nitrogen and oxygen atoms in total. The van der Waals surface area contributed by atoms with Gasteiger partial charge in [0.25, 0.3) is 5.78 Å². The van der Waals surface area contributed by atoms with Gasteiger partial charge in [0.1, 0.15) is 17.3 Å². The Balaban J connectivity index is 1.92. The molecule has 1 saturated heterocycles. The molecule has 2 amide bonds. The van der Waals surface area contributed by atoms with Crippen LogP contribution in [0.1, 0.15) is 57.1 Å². The van der Waals surface area contributed by atoms with Crippen LogP contribution in [0.15, 0.2) is 24.3 Å². The van der Waals surface area contributed by atoms with Crippen molar-refractivity contribution in [3.63, 3.8) is 0 Å². The molecule has 0 saturated carbocycles. The van der Waals surface area contributed by atoms with E-state index in [1.165, 1.54) is 10.8 Å². The van der Waals surface area contributed by atoms with Crippen molar-refractivity contribution in [2.75, 3.05) is 5.75 Å². The molecule has 188 valence electrons. The number of ketones is 1. The van der Waals surface area contributed by atoms with Crippen LogP contribution < -0.4 is 10.6 Å². The Morgan fingerprint density at radius 2 is 1.82 bits per heavy atom. The predicted octanol–water partition coefficient (Wildman–Crippen LogP) is 2.55. The Morgan fingerprint density at radius 1 is 1.15 bits per heavy atom. The molecule has 4 atom stereocenters. The molecule has 1 aromatic carbocycles. The van der Waals surface area contributed by atoms with Crippen molar-refractivity contribution >= 4 is 44.6 Å². The number of carboxylic acid groups (broad SMARTS) is 1. The van der Waals surface area contributed by atoms with Gasteiger partial charge in [-0.2, -0.15) is 0 Å². The molecule has 1 aliphatic heterocycles. The molecule has 0 aromatic heterocycles. The maximum atomic E-state index is 12.9. The Hall–Kier alpha value is -2.04. The Kier molecular flexibility index (Phi) is 11.4. The topological polar surface area (TPSA) is 136 Å². The molecule has 1 fully saturated rings. The van der Waals surface area contributed by atoms with Crippen LogP contribution in [-0.2, 0) is 35.8 Å². The zero-order valence-corrected chi connectivity index (χ0v) is 21.5. The van der Waals surface area contributed by atoms with E-state index in [2.05, 4.69) is 10.6 Å². The predicted molar refractivity (Wildman–Crippen MR) is 134 cm³/mol. The van der Waals surface area contributed by atoms with Crippen molar-refractivity contribution in [1.82, 2.24) is 10.6 Å². The van der Waals surface area contributed by atoms with Crippen molar-refractivity contribution in [1.29, 1.82) is 0 Å². The number of rotatable bonds is 13. The largest absolute Gasteiger partial charge is 0.605 e. The zero-order chi connectivity index (χ0) is 25.3. The van der Waals surface area contributed by atoms with E-state index in [1.807, 2.05) is 19.1 Å². The fraction of sp³-hybridized carbons (Fsp3) is 0.583. The van der Waals surface area contributed by atoms with Gasteiger partial charge in [0, 0.05) is 35.2 Å². The van der Waals surface area contributed by atoms with Crippen molar-refractivity contribution in [3.05, 3.63) is 35.4 Å². The standard InChI is InChI=1S/C24H34N2O6S2/c1-15(2)21(26-20(27)7-5-4-6-18-12-13-33-34(18)32)23(29)25-19(22(28)24(30)31)14-17-10-8-16(3)9-11-17/h8-11,15,18-19,21H,4-7,12-14H2,1-3H3,(H,25,29)(H,26,27)(H,30,31)/t18?,19-,21-,34?/m0/s1. The van der Waals surface area contributed by atoms with Crippen LogP contribution >= 0.6 is 10.8 Å². The van der Waals surface area contributed by atoms with Gasteiger partial charge in [-0.1, -0.05) is 43.7 Å². The number of unbranched alkanes of at least 4 members (excludes halogenated alkanes) is 1. The van der Waals surface area contributed by atoms with Gasteiger partial charge in [0.05, 0.1) is 10.8 Å². The van der Waals surface area contributed by atoms with E-state index in [1.54, 1.807) is 26.0 Å². The van der Waals surface area contributed by atoms with E-state index < -0.39 is 40.0 Å². The summed E-state index contributed by atoms with van der Waals surface area (Å²) in [4.78, 5) is 49.0. The molecule has 0 bridgehead atoms. The molecule has 10 heteroatoms. The van der Waals surface area contributed by atoms with Crippen LogP contribution in [0.3, 0.4) is 0 Å². The number of hydrogen-bond donors (Lipinski definition) is 3. The quantitative estimate of drug-likeness (QED) is 0.161. The van der Waals surface area contributed by atoms with Crippen LogP contribution in [0.4, 0.5) is 0 Å². The Bertz CT molecular complexity index is 862. The van der Waals surface area contributed by atoms with Crippen LogP contribution in [0.2, 0.25) is 0 Å². The van der Waals surface area contributed by atoms with E-state index >= 15 is 0 Å². The summed E-state index contributed by atoms with van der Waals surface area (Å²) in [7, 11) is 0.650. The second-order valence-corrected chi connectivity index (χ2v) is 12.5. The minimum absolute atomic E-state index is 0.0384. The minimum atomic E-state index is -1.62. The Morgan fingerprint density at radius 3 is 2.38 bits per heavy atom. The van der Waals surface area contributed by atoms with E-state index in [0.29, 0.717) is 6.42 Å². The molecular weight excluding hydrogens is 476 g/mol. The molecule has 1 heterocycles. The lowest BCUT2D eigenvalue weighted by Gasteiger charge is -2.24. The van der Waals surface area contributed by atoms with Crippen molar-refractivity contribution in [2.24, 2.45) is 5.92 Å². The average Bonchev–Trinajstić information content (AvgIpc) is 3.19. The van der Waals surface area contributed by atoms with Gasteiger partial charge in [0.2, 0.25) is 11.8 Å². The van der Waals surface area contributed by atoms with Gasteiger partial charge < -0.3 is 20.3 Å². The first-order chi connectivity index (χ1) is 16.1. The zero-order valence-electron chi connectivity index (χ0n) is 19.9. The molecule has 2 rings (SSSR count). The molecule has 0 spiro atoms. The van der Waals surface area contributed by atoms with E-state index in [4.69, 9.17) is 0 Å². The number of carbonyl (C=O) groups is 4. The first-order valence-electron chi connectivity index (χ1n) is 11.5. The van der Waals surface area contributed by atoms with Gasteiger partial charge in [-0.25, -0.2) is 4.79 Å². The highest BCUT2D eigenvalue weighted by atomic mass is 33.1. The summed E-state index contributed by atoms with van der Waals surface area (Å²) in [6.45, 7) is 5.45. The van der Waals surface area contributed by atoms with Gasteiger partial charge in [0.15, 0.2) is 0 Å². The van der Waals surface area contributed by atoms with Crippen molar-refractivity contribution in [3.8, 4) is 0 Å². The second kappa shape index (κ2) is 13.7. The smallest absolute Gasteiger partial charge is 0.374 e. The number of aliphatic carboxylic acids is 1. The highest BCUT2D eigenvalue weighted by Gasteiger charge is 2.32. The lowest BCUT2D eigenvalue weighted by Crippen LogP contribution is -2.55. The summed E-state index contributed by atoms with van der Waals surface area (Å²) < 4.78 is 11.8. The minimum Gasteiger partial charge on any atom is -0.605 e. The lowest BCUT2D eigenvalue weighted by atomic mass is 9.98. The summed E-state index contributed by atoms with van der Waals surface area (Å²) >= 11 is 0. The third kappa shape index (κ3) is 8.96. The van der Waals surface area contributed by atoms with Crippen molar-refractivity contribution in [2.45, 2.75) is 76.6 Å². The van der Waals surface area contributed by atoms with Gasteiger partial charge in [-0.3, -0.25) is 14.4 Å². The number of nitrogens with one attached hydrogen (secondary N) is 2. The van der Waals surface area contributed by atoms with E-state index in [0.717, 1.165) is 36.1 Å². The monoisotopic (exact) mass is 510 g/mol. The van der Waals surface area contributed by atoms with E-state index in [9.17, 15) is 28.8 Å². The van der Waals surface area contributed by atoms with Crippen LogP contribution in [0.5, 0.6) is 0 Å². The third-order valence-electron chi connectivity index (χ3n) is 5.76. The molecular formula is C24H34N2O6S2. The van der Waals surface area contributed by atoms with Crippen LogP contribution in [0, 0.1) is 12.8 Å². The van der Waals surface area contributed by atoms with Crippen molar-refractivity contribution < 1.29 is 28.8 Å². The normalized spacial score (nSPS) is 19.4. The number of carboxylic acids is 1. The van der Waals surface area contributed by atoms with Gasteiger partial charge in [-0.15, -0.1) is 0 Å². The SMILES string of the molecule is Cc1ccc(C[C@H](NC(=O)[C@@H](NC(=O)CCCCC2CCS[S+]2[O-])C(C)C)C(=O)C(=O)O)cc1. The summed E-state index contributed by atoms with van der Waals surface area (Å²) in [6.07, 6.45) is 3.45. The van der Waals surface area contributed by atoms with E-state index in [-0.39, 0.29) is 29.9 Å². The fourth-order valence-electron chi connectivity index (χ4n) is 3.71. The first kappa shape index (κ1) is 28.2. The number of aryl methyl sites for hydroxylation is 1. The highest BCUT2D eigenvalue weighted by molar-refractivity contribution is 8.72. The summed E-state index contributed by atoms with van der Waals surface area (Å²) in [5, 5.41) is 14.7. The summed E-state index contributed by atoms with van der Waals surface area (Å²) in [5.74, 6) is -2.95. The number of Topliss-reactive ketones (excluding diaryl/α,β-unsaturated/α-hetero) is 1. The molecule has 1 aromatic rings. The third-order valence-corrected chi connectivity index (χ3v) is 9.43. The molecule has 0 radical (unpaired) electrons. The molecule has 3 N–H and O–H groups in total. The Labute approximate surface area is 207 Å². The maximum absolute atomic E-state index is 12.9. The summed E-state index contributed by atoms with van der Waals surface area (Å²) in [5.41, 5.74) is 1.74. The molecule has 0 aliphatic carbocycles. The second-order valence-electron chi connectivity index (χ2n) is 8.95. The maximum Gasteiger partial charge on any atom is 0.374 e. The number of benzene rings is 1. The number of carbonyl (C=O) groups excluding carboxylic acids is 3. The lowest BCUT2D eigenvalue weighted by molar-refractivity contribution is -0.150. The highest BCUT2D eigenvalue weighted by Crippen LogP contribution is 2.33. The van der Waals surface area contributed by atoms with Gasteiger partial charge in [-0.05, 0) is 37.7 Å². The van der Waals surface area contributed by atoms with Crippen LogP contribution in [0.25, 0.3) is 0 Å². The summed E-state index contributed by atoms with van der Waals surface area (Å²) in [6, 6.07) is 5.12. The number of amides is 2. The molecule has 34 heavy (non-hydrogen) atoms. The fourth-order valence-corrected chi connectivity index (χ4v) is 7.20. The van der Waals surface area contributed by atoms with Crippen LogP contribution in [-0.4, -0.2) is 56.3 Å². The molecule has 2 unspecified atom stereocenters. The number of hydrogen-bond acceptors (Lipinski definition) is 6. The first-order valence-corrected chi connectivity index (χ1v) is 14.3. The van der Waals surface area contributed by atoms with Gasteiger partial charge >= 0.3 is 5.97 Å². The molecule has 1 aliphatic rings. The average molecular weight is 511 g/mol.